The number of esters is 1. The second-order valence-corrected chi connectivity index (χ2v) is 9.12. The zero-order chi connectivity index (χ0) is 25.9. The quantitative estimate of drug-likeness (QED) is 0.108. The van der Waals surface area contributed by atoms with Gasteiger partial charge in [-0.2, -0.15) is 5.10 Å². The van der Waals surface area contributed by atoms with E-state index < -0.39 is 5.97 Å². The number of rotatable bonds is 10. The highest BCUT2D eigenvalue weighted by Crippen LogP contribution is 2.29. The molecule has 0 unspecified atom stereocenters. The van der Waals surface area contributed by atoms with Crippen LogP contribution in [0, 0.1) is 0 Å². The van der Waals surface area contributed by atoms with Crippen molar-refractivity contribution in [1.29, 1.82) is 0 Å². The zero-order valence-electron chi connectivity index (χ0n) is 19.3. The second-order valence-electron chi connectivity index (χ2n) is 7.41. The van der Waals surface area contributed by atoms with Crippen LogP contribution in [0.15, 0.2) is 80.8 Å². The van der Waals surface area contributed by atoms with Gasteiger partial charge in [0.2, 0.25) is 5.91 Å². The molecule has 3 aromatic carbocycles. The van der Waals surface area contributed by atoms with Crippen LogP contribution in [-0.4, -0.2) is 37.7 Å². The Morgan fingerprint density at radius 1 is 0.917 bits per heavy atom. The van der Waals surface area contributed by atoms with E-state index in [2.05, 4.69) is 47.7 Å². The molecule has 8 nitrogen and oxygen atoms in total. The fraction of sp³-hybridized carbons (Fsp3) is 0.154. The molecule has 0 spiro atoms. The number of nitrogens with zero attached hydrogens (tertiary/aromatic N) is 1. The highest BCUT2D eigenvalue weighted by molar-refractivity contribution is 9.10. The van der Waals surface area contributed by atoms with Crippen LogP contribution >= 0.6 is 31.9 Å². The van der Waals surface area contributed by atoms with Crippen molar-refractivity contribution in [2.45, 2.75) is 12.8 Å². The van der Waals surface area contributed by atoms with Crippen LogP contribution in [0.2, 0.25) is 0 Å². The van der Waals surface area contributed by atoms with Gasteiger partial charge >= 0.3 is 5.97 Å². The van der Waals surface area contributed by atoms with Crippen molar-refractivity contribution in [2.75, 3.05) is 13.7 Å². The molecule has 0 aliphatic rings. The van der Waals surface area contributed by atoms with E-state index >= 15 is 0 Å². The molecular formula is C26H23Br2N3O5. The molecule has 3 aromatic rings. The number of methoxy groups -OCH3 is 1. The third-order valence-electron chi connectivity index (χ3n) is 4.87. The second kappa shape index (κ2) is 13.6. The van der Waals surface area contributed by atoms with E-state index in [4.69, 9.17) is 9.47 Å². The molecule has 3 rings (SSSR count). The van der Waals surface area contributed by atoms with Gasteiger partial charge in [0.15, 0.2) is 11.5 Å². The van der Waals surface area contributed by atoms with Crippen LogP contribution in [0.4, 0.5) is 0 Å². The molecule has 0 bridgehead atoms. The van der Waals surface area contributed by atoms with Crippen LogP contribution in [0.3, 0.4) is 0 Å². The number of carbonyl (C=O) groups is 3. The maximum absolute atomic E-state index is 12.5. The summed E-state index contributed by atoms with van der Waals surface area (Å²) >= 11 is 6.67. The van der Waals surface area contributed by atoms with Gasteiger partial charge in [0.1, 0.15) is 0 Å². The number of benzene rings is 3. The minimum Gasteiger partial charge on any atom is -0.493 e. The number of hydrogen-bond donors (Lipinski definition) is 2. The van der Waals surface area contributed by atoms with Crippen molar-refractivity contribution in [3.8, 4) is 11.5 Å². The minimum atomic E-state index is -0.526. The summed E-state index contributed by atoms with van der Waals surface area (Å²) < 4.78 is 12.1. The van der Waals surface area contributed by atoms with Gasteiger partial charge < -0.3 is 14.8 Å². The Balaban J connectivity index is 1.46. The molecule has 10 heteroatoms. The number of ether oxygens (including phenoxy) is 2. The highest BCUT2D eigenvalue weighted by atomic mass is 79.9. The number of halogens is 2. The van der Waals surface area contributed by atoms with Gasteiger partial charge in [0.25, 0.3) is 5.91 Å². The van der Waals surface area contributed by atoms with Crippen molar-refractivity contribution in [3.63, 3.8) is 0 Å². The van der Waals surface area contributed by atoms with Gasteiger partial charge in [-0.15, -0.1) is 0 Å². The molecule has 36 heavy (non-hydrogen) atoms. The van der Waals surface area contributed by atoms with Gasteiger partial charge in [-0.05, 0) is 86.3 Å². The molecule has 0 atom stereocenters. The van der Waals surface area contributed by atoms with E-state index in [1.54, 1.807) is 60.7 Å². The number of hydrogen-bond acceptors (Lipinski definition) is 6. The lowest BCUT2D eigenvalue weighted by atomic mass is 10.2. The summed E-state index contributed by atoms with van der Waals surface area (Å²) in [5, 5.41) is 6.73. The van der Waals surface area contributed by atoms with Crippen molar-refractivity contribution >= 4 is 55.9 Å². The zero-order valence-corrected chi connectivity index (χ0v) is 22.5. The Hall–Kier alpha value is -3.50. The van der Waals surface area contributed by atoms with Gasteiger partial charge in [0, 0.05) is 21.9 Å². The molecule has 2 N–H and O–H groups in total. The fourth-order valence-electron chi connectivity index (χ4n) is 3.06. The molecule has 0 saturated heterocycles. The van der Waals surface area contributed by atoms with E-state index in [1.807, 2.05) is 6.07 Å². The number of nitrogens with one attached hydrogen (secondary N) is 2. The van der Waals surface area contributed by atoms with E-state index in [-0.39, 0.29) is 24.0 Å². The molecule has 0 radical (unpaired) electrons. The first kappa shape index (κ1) is 27.1. The number of carbonyl (C=O) groups excluding carboxylic acids is 3. The van der Waals surface area contributed by atoms with E-state index in [0.717, 1.165) is 0 Å². The Labute approximate surface area is 225 Å². The fourth-order valence-corrected chi connectivity index (χ4v) is 3.97. The average molecular weight is 617 g/mol. The Kier molecular flexibility index (Phi) is 10.2. The molecular weight excluding hydrogens is 594 g/mol. The van der Waals surface area contributed by atoms with Gasteiger partial charge in [0.05, 0.1) is 24.5 Å². The minimum absolute atomic E-state index is 0.195. The predicted molar refractivity (Wildman–Crippen MR) is 144 cm³/mol. The van der Waals surface area contributed by atoms with Crippen LogP contribution < -0.4 is 20.2 Å². The standard InChI is InChI=1S/C26H23Br2N3O5/c1-35-23-15-17(12-13-22(23)36-26(34)19-8-3-5-10-21(19)28)16-30-31-24(32)11-6-14-29-25(33)18-7-2-4-9-20(18)27/h2-5,7-10,12-13,15-16H,6,11,14H2,1H3,(H,29,33)(H,31,32). The summed E-state index contributed by atoms with van der Waals surface area (Å²) in [5.41, 5.74) is 4.01. The van der Waals surface area contributed by atoms with E-state index in [1.165, 1.54) is 13.3 Å². The third-order valence-corrected chi connectivity index (χ3v) is 6.25. The highest BCUT2D eigenvalue weighted by Gasteiger charge is 2.15. The predicted octanol–water partition coefficient (Wildman–Crippen LogP) is 5.10. The van der Waals surface area contributed by atoms with Gasteiger partial charge in [-0.25, -0.2) is 10.2 Å². The summed E-state index contributed by atoms with van der Waals surface area (Å²) in [7, 11) is 1.46. The third kappa shape index (κ3) is 7.76. The Morgan fingerprint density at radius 3 is 2.25 bits per heavy atom. The van der Waals surface area contributed by atoms with Gasteiger partial charge in [-0.3, -0.25) is 9.59 Å². The van der Waals surface area contributed by atoms with Crippen LogP contribution in [0.1, 0.15) is 39.1 Å². The lowest BCUT2D eigenvalue weighted by Gasteiger charge is -2.10. The molecule has 2 amide bonds. The van der Waals surface area contributed by atoms with E-state index in [0.29, 0.717) is 44.4 Å². The maximum atomic E-state index is 12.5. The van der Waals surface area contributed by atoms with Crippen LogP contribution in [-0.2, 0) is 4.79 Å². The normalized spacial score (nSPS) is 10.6. The largest absolute Gasteiger partial charge is 0.493 e. The molecule has 0 aliphatic carbocycles. The molecule has 0 fully saturated rings. The van der Waals surface area contributed by atoms with Crippen molar-refractivity contribution < 1.29 is 23.9 Å². The molecule has 0 aliphatic heterocycles. The summed E-state index contributed by atoms with van der Waals surface area (Å²) in [5.74, 6) is -0.426. The molecule has 0 heterocycles. The van der Waals surface area contributed by atoms with E-state index in [9.17, 15) is 14.4 Å². The number of hydrazone groups is 1. The Morgan fingerprint density at radius 2 is 1.58 bits per heavy atom. The monoisotopic (exact) mass is 615 g/mol. The van der Waals surface area contributed by atoms with Gasteiger partial charge in [-0.1, -0.05) is 24.3 Å². The first-order valence-electron chi connectivity index (χ1n) is 10.9. The first-order chi connectivity index (χ1) is 17.4. The summed E-state index contributed by atoms with van der Waals surface area (Å²) in [6.07, 6.45) is 2.11. The number of amides is 2. The lowest BCUT2D eigenvalue weighted by Crippen LogP contribution is -2.26. The van der Waals surface area contributed by atoms with Crippen LogP contribution in [0.5, 0.6) is 11.5 Å². The van der Waals surface area contributed by atoms with Crippen molar-refractivity contribution in [2.24, 2.45) is 5.10 Å². The molecule has 0 aromatic heterocycles. The lowest BCUT2D eigenvalue weighted by molar-refractivity contribution is -0.121. The molecule has 186 valence electrons. The Bertz CT molecular complexity index is 1280. The van der Waals surface area contributed by atoms with Crippen LogP contribution in [0.25, 0.3) is 0 Å². The summed E-state index contributed by atoms with van der Waals surface area (Å²) in [6, 6.07) is 19.0. The summed E-state index contributed by atoms with van der Waals surface area (Å²) in [4.78, 5) is 36.6. The van der Waals surface area contributed by atoms with Crippen molar-refractivity contribution in [1.82, 2.24) is 10.7 Å². The van der Waals surface area contributed by atoms with Crippen molar-refractivity contribution in [3.05, 3.63) is 92.4 Å². The topological polar surface area (TPSA) is 106 Å². The average Bonchev–Trinajstić information content (AvgIpc) is 2.87. The smallest absolute Gasteiger partial charge is 0.344 e. The maximum Gasteiger partial charge on any atom is 0.344 e. The molecule has 0 saturated carbocycles. The first-order valence-corrected chi connectivity index (χ1v) is 12.5. The summed E-state index contributed by atoms with van der Waals surface area (Å²) in [6.45, 7) is 0.355. The SMILES string of the molecule is COc1cc(C=NNC(=O)CCCNC(=O)c2ccccc2Br)ccc1OC(=O)c1ccccc1Br.